The summed E-state index contributed by atoms with van der Waals surface area (Å²) in [6.07, 6.45) is -20.4. The molecule has 0 bridgehead atoms. The third-order valence-electron chi connectivity index (χ3n) is 21.4. The van der Waals surface area contributed by atoms with Gasteiger partial charge in [-0.15, -0.1) is 0 Å². The van der Waals surface area contributed by atoms with Gasteiger partial charge in [-0.05, 0) is 116 Å². The number of hydrogen-bond donors (Lipinski definition) is 11. The monoisotopic (exact) mass is 1100 g/mol. The molecule has 9 aliphatic rings. The lowest BCUT2D eigenvalue weighted by Gasteiger charge is -2.71. The molecule has 0 aromatic heterocycles. The van der Waals surface area contributed by atoms with E-state index in [9.17, 15) is 61.0 Å². The molecule has 0 radical (unpaired) electrons. The van der Waals surface area contributed by atoms with E-state index < -0.39 is 154 Å². The molecule has 11 N–H and O–H groups in total. The maximum absolute atomic E-state index is 15.2. The first-order chi connectivity index (χ1) is 36.0. The molecular formula is C55H88O22. The summed E-state index contributed by atoms with van der Waals surface area (Å²) < 4.78 is 52.4. The second-order valence-corrected chi connectivity index (χ2v) is 26.4. The van der Waals surface area contributed by atoms with E-state index in [2.05, 4.69) is 54.5 Å². The number of esters is 2. The highest BCUT2D eigenvalue weighted by atomic mass is 16.8. The number of rotatable bonds is 12. The Hall–Kier alpha value is -2.04. The predicted octanol–water partition coefficient (Wildman–Crippen LogP) is 0.202. The molecule has 0 aromatic carbocycles. The van der Waals surface area contributed by atoms with Crippen molar-refractivity contribution in [3.63, 3.8) is 0 Å². The highest BCUT2D eigenvalue weighted by Gasteiger charge is 2.70. The highest BCUT2D eigenvalue weighted by molar-refractivity contribution is 5.79. The third-order valence-corrected chi connectivity index (χ3v) is 21.4. The van der Waals surface area contributed by atoms with Gasteiger partial charge in [-0.2, -0.15) is 0 Å². The lowest BCUT2D eigenvalue weighted by Crippen LogP contribution is -2.66. The van der Waals surface area contributed by atoms with Gasteiger partial charge >= 0.3 is 11.9 Å². The van der Waals surface area contributed by atoms with Gasteiger partial charge in [0.1, 0.15) is 85.5 Å². The number of carbonyl (C=O) groups is 2. The molecular weight excluding hydrogens is 1010 g/mol. The van der Waals surface area contributed by atoms with Crippen molar-refractivity contribution in [3.05, 3.63) is 11.6 Å². The first kappa shape index (κ1) is 59.6. The molecule has 0 aromatic rings. The Labute approximate surface area is 450 Å². The molecule has 9 rings (SSSR count). The topological polar surface area (TPSA) is 340 Å². The van der Waals surface area contributed by atoms with Crippen molar-refractivity contribution in [1.82, 2.24) is 0 Å². The Bertz CT molecular complexity index is 2160. The van der Waals surface area contributed by atoms with Crippen LogP contribution < -0.4 is 0 Å². The van der Waals surface area contributed by atoms with Crippen LogP contribution >= 0.6 is 0 Å². The van der Waals surface area contributed by atoms with Crippen LogP contribution in [0.4, 0.5) is 0 Å². The minimum atomic E-state index is -1.91. The minimum Gasteiger partial charge on any atom is -0.469 e. The fourth-order valence-corrected chi connectivity index (χ4v) is 16.4. The molecule has 5 aliphatic carbocycles. The lowest BCUT2D eigenvalue weighted by atomic mass is 9.33. The number of carbonyl (C=O) groups excluding carboxylic acids is 2. The van der Waals surface area contributed by atoms with Crippen LogP contribution in [0.25, 0.3) is 0 Å². The summed E-state index contributed by atoms with van der Waals surface area (Å²) in [5, 5.41) is 119. The summed E-state index contributed by atoms with van der Waals surface area (Å²) >= 11 is 0. The van der Waals surface area contributed by atoms with Gasteiger partial charge in [-0.25, -0.2) is 0 Å². The van der Waals surface area contributed by atoms with Crippen molar-refractivity contribution in [2.24, 2.45) is 50.2 Å². The Morgan fingerprint density at radius 1 is 0.623 bits per heavy atom. The smallest absolute Gasteiger partial charge is 0.315 e. The SMILES string of the molecule is COC(=O)C[C@H]1O[C@@H](OC[C@H]2O[C@H](OC(=O)[C@]34CCC(C)(C)C[C@H]3C3=CC[C@H]5[C@@]6(C)CC[C@@H](O[C@@H]7O[C@H](CO)[C@H](O)[C@@H]7O)C(C)(C)[C@@H]6CC[C@]5(C)[C@]3(C)CC4)[C@@H](O)[C@H](O)[C@H]2O)[C@H](O)[C@H](O)[C@H]1O[C@@H]1O[C@@H](C)[C@@H](O)[C@H](O)[C@H]1O. The molecule has 4 aliphatic heterocycles. The molecule has 77 heavy (non-hydrogen) atoms. The van der Waals surface area contributed by atoms with E-state index in [1.165, 1.54) is 12.5 Å². The van der Waals surface area contributed by atoms with Gasteiger partial charge in [0.15, 0.2) is 18.9 Å². The van der Waals surface area contributed by atoms with Crippen LogP contribution in [0.5, 0.6) is 0 Å². The predicted molar refractivity (Wildman–Crippen MR) is 265 cm³/mol. The second kappa shape index (κ2) is 21.6. The van der Waals surface area contributed by atoms with Gasteiger partial charge in [0, 0.05) is 0 Å². The Balaban J connectivity index is 0.900. The molecule has 22 nitrogen and oxygen atoms in total. The van der Waals surface area contributed by atoms with Crippen LogP contribution in [-0.4, -0.2) is 211 Å². The zero-order chi connectivity index (χ0) is 56.3. The third kappa shape index (κ3) is 9.97. The van der Waals surface area contributed by atoms with E-state index in [1.807, 2.05) is 0 Å². The molecule has 4 saturated carbocycles. The first-order valence-electron chi connectivity index (χ1n) is 27.9. The van der Waals surface area contributed by atoms with Gasteiger partial charge in [-0.3, -0.25) is 9.59 Å². The highest BCUT2D eigenvalue weighted by Crippen LogP contribution is 2.76. The molecule has 0 spiro atoms. The molecule has 22 heteroatoms. The van der Waals surface area contributed by atoms with E-state index in [1.54, 1.807) is 0 Å². The number of aliphatic hydroxyl groups excluding tert-OH is 11. The Morgan fingerprint density at radius 3 is 1.90 bits per heavy atom. The average Bonchev–Trinajstić information content (AvgIpc) is 3.65. The maximum atomic E-state index is 15.2. The van der Waals surface area contributed by atoms with E-state index in [-0.39, 0.29) is 45.0 Å². The Kier molecular flexibility index (Phi) is 16.7. The number of hydrogen-bond acceptors (Lipinski definition) is 22. The minimum absolute atomic E-state index is 0.0869. The summed E-state index contributed by atoms with van der Waals surface area (Å²) in [5.41, 5.74) is -0.728. The molecule has 0 unspecified atom stereocenters. The molecule has 8 fully saturated rings. The van der Waals surface area contributed by atoms with E-state index >= 15 is 4.79 Å². The first-order valence-corrected chi connectivity index (χ1v) is 27.9. The normalized spacial score (nSPS) is 52.2. The van der Waals surface area contributed by atoms with E-state index in [4.69, 9.17) is 42.6 Å². The van der Waals surface area contributed by atoms with Gasteiger partial charge in [0.25, 0.3) is 0 Å². The van der Waals surface area contributed by atoms with Crippen molar-refractivity contribution in [2.45, 2.75) is 249 Å². The molecule has 4 saturated heterocycles. The van der Waals surface area contributed by atoms with Crippen LogP contribution in [-0.2, 0) is 52.2 Å². The number of allylic oxidation sites excluding steroid dienone is 2. The van der Waals surface area contributed by atoms with Gasteiger partial charge in [0.2, 0.25) is 6.29 Å². The van der Waals surface area contributed by atoms with Crippen LogP contribution in [0.2, 0.25) is 0 Å². The summed E-state index contributed by atoms with van der Waals surface area (Å²) in [4.78, 5) is 27.7. The summed E-state index contributed by atoms with van der Waals surface area (Å²) in [6, 6.07) is 0. The van der Waals surface area contributed by atoms with Crippen molar-refractivity contribution in [3.8, 4) is 0 Å². The number of methoxy groups -OCH3 is 1. The molecule has 4 heterocycles. The fourth-order valence-electron chi connectivity index (χ4n) is 16.4. The lowest BCUT2D eigenvalue weighted by molar-refractivity contribution is -0.359. The molecule has 0 amide bonds. The van der Waals surface area contributed by atoms with Crippen LogP contribution in [0.1, 0.15) is 126 Å². The number of fused-ring (bicyclic) bond motifs is 7. The molecule has 27 atom stereocenters. The van der Waals surface area contributed by atoms with Gasteiger partial charge in [0.05, 0.1) is 44.4 Å². The second-order valence-electron chi connectivity index (χ2n) is 26.4. The van der Waals surface area contributed by atoms with Gasteiger partial charge < -0.3 is 98.8 Å². The molecule has 440 valence electrons. The average molecular weight is 1100 g/mol. The van der Waals surface area contributed by atoms with Crippen molar-refractivity contribution in [1.29, 1.82) is 0 Å². The Morgan fingerprint density at radius 2 is 1.22 bits per heavy atom. The number of aliphatic hydroxyl groups is 11. The van der Waals surface area contributed by atoms with Crippen LogP contribution in [0, 0.1) is 50.2 Å². The van der Waals surface area contributed by atoms with Crippen molar-refractivity contribution in [2.75, 3.05) is 20.3 Å². The van der Waals surface area contributed by atoms with E-state index in [0.717, 1.165) is 45.6 Å². The largest absolute Gasteiger partial charge is 0.469 e. The van der Waals surface area contributed by atoms with E-state index in [0.29, 0.717) is 31.6 Å². The van der Waals surface area contributed by atoms with Crippen LogP contribution in [0.3, 0.4) is 0 Å². The maximum Gasteiger partial charge on any atom is 0.315 e. The zero-order valence-electron chi connectivity index (χ0n) is 46.0. The van der Waals surface area contributed by atoms with Crippen molar-refractivity contribution < 1.29 is 108 Å². The number of ether oxygens (including phenoxy) is 9. The van der Waals surface area contributed by atoms with Gasteiger partial charge in [-0.1, -0.05) is 60.1 Å². The van der Waals surface area contributed by atoms with Crippen molar-refractivity contribution >= 4 is 11.9 Å². The summed E-state index contributed by atoms with van der Waals surface area (Å²) in [7, 11) is 1.11. The standard InChI is InChI=1S/C55H88O22/c1-24-34(58)37(61)41(65)46(71-24)76-44-27(20-33(57)69-9)72-45(43(67)39(44)63)70-23-29-36(60)38(62)42(66)48(74-29)77-49(68)55-18-16-50(2,3)21-26(55)25-10-11-31-52(6)14-13-32(75-47-40(64)35(59)28(22-56)73-47)51(4,5)30(52)12-15-54(31,8)53(25,7)17-19-55/h10,24,26-32,34-48,56,58-67H,11-23H2,1-9H3/t24-,26-,27+,28+,29+,30-,31-,32+,34+,35-,36-,37-,38+,39-,40-,41+,42-,43+,44-,45+,46-,47-,48+,52-,53+,54-,55-/m0/s1. The zero-order valence-corrected chi connectivity index (χ0v) is 46.0. The summed E-state index contributed by atoms with van der Waals surface area (Å²) in [6.45, 7) is 16.5. The quantitative estimate of drug-likeness (QED) is 0.0919. The van der Waals surface area contributed by atoms with Crippen LogP contribution in [0.15, 0.2) is 11.6 Å². The fraction of sp³-hybridized carbons (Fsp3) is 0.927. The summed E-state index contributed by atoms with van der Waals surface area (Å²) in [5.74, 6) is -1.07.